The molecule has 7 atom stereocenters. The maximum atomic E-state index is 2.72. The maximum absolute atomic E-state index is 2.72. The molecule has 7 unspecified atom stereocenters. The van der Waals surface area contributed by atoms with Crippen molar-refractivity contribution >= 4 is 0 Å². The Labute approximate surface area is 158 Å². The SMILES string of the molecule is CCCC(C)C1CCC2CCCC3CCCCC3(C)C(C)CCC21C. The summed E-state index contributed by atoms with van der Waals surface area (Å²) in [6.45, 7) is 13.0. The summed E-state index contributed by atoms with van der Waals surface area (Å²) in [4.78, 5) is 0. The highest BCUT2D eigenvalue weighted by Gasteiger charge is 2.49. The van der Waals surface area contributed by atoms with Gasteiger partial charge in [0.05, 0.1) is 0 Å². The minimum atomic E-state index is 0.640. The summed E-state index contributed by atoms with van der Waals surface area (Å²) in [6.07, 6.45) is 19.5. The van der Waals surface area contributed by atoms with Gasteiger partial charge in [-0.15, -0.1) is 0 Å². The molecule has 0 amide bonds. The molecule has 3 aliphatic carbocycles. The number of hydrogen-bond donors (Lipinski definition) is 0. The standard InChI is InChI=1S/C25H46/c1-6-10-19(2)23-15-14-22-13-9-12-21-11-7-8-17-24(21,4)20(3)16-18-25(22,23)5/h19-23H,6-18H2,1-5H3. The molecule has 3 rings (SSSR count). The number of rotatable bonds is 3. The van der Waals surface area contributed by atoms with Gasteiger partial charge in [-0.2, -0.15) is 0 Å². The molecule has 3 saturated carbocycles. The van der Waals surface area contributed by atoms with Crippen molar-refractivity contribution in [3.63, 3.8) is 0 Å². The van der Waals surface area contributed by atoms with Crippen LogP contribution in [0.5, 0.6) is 0 Å². The van der Waals surface area contributed by atoms with E-state index in [1.165, 1.54) is 83.5 Å². The molecule has 3 aliphatic rings. The lowest BCUT2D eigenvalue weighted by Gasteiger charge is -2.49. The van der Waals surface area contributed by atoms with Gasteiger partial charge in [-0.25, -0.2) is 0 Å². The molecule has 0 aliphatic heterocycles. The smallest absolute Gasteiger partial charge is 0.0267 e. The third-order valence-corrected chi connectivity index (χ3v) is 9.83. The van der Waals surface area contributed by atoms with Gasteiger partial charge >= 0.3 is 0 Å². The largest absolute Gasteiger partial charge is 0.0654 e. The zero-order valence-electron chi connectivity index (χ0n) is 18.1. The Morgan fingerprint density at radius 1 is 0.800 bits per heavy atom. The van der Waals surface area contributed by atoms with E-state index in [1.54, 1.807) is 0 Å². The molecular formula is C25H46. The third-order valence-electron chi connectivity index (χ3n) is 9.83. The second-order valence-corrected chi connectivity index (χ2v) is 11.0. The first kappa shape index (κ1) is 19.8. The number of fused-ring (bicyclic) bond motifs is 2. The monoisotopic (exact) mass is 346 g/mol. The fourth-order valence-corrected chi connectivity index (χ4v) is 7.82. The molecule has 0 nitrogen and oxygen atoms in total. The van der Waals surface area contributed by atoms with E-state index in [9.17, 15) is 0 Å². The molecule has 0 heterocycles. The van der Waals surface area contributed by atoms with E-state index in [0.29, 0.717) is 10.8 Å². The highest BCUT2D eigenvalue weighted by Crippen LogP contribution is 2.59. The van der Waals surface area contributed by atoms with Gasteiger partial charge in [0.15, 0.2) is 0 Å². The average Bonchev–Trinajstić information content (AvgIpc) is 2.91. The molecule has 0 bridgehead atoms. The summed E-state index contributed by atoms with van der Waals surface area (Å²) in [5.74, 6) is 4.92. The van der Waals surface area contributed by atoms with Crippen molar-refractivity contribution in [3.8, 4) is 0 Å². The van der Waals surface area contributed by atoms with Gasteiger partial charge in [0.1, 0.15) is 0 Å². The zero-order valence-corrected chi connectivity index (χ0v) is 18.1. The van der Waals surface area contributed by atoms with Crippen LogP contribution in [0.2, 0.25) is 0 Å². The van der Waals surface area contributed by atoms with Crippen molar-refractivity contribution in [2.24, 2.45) is 40.4 Å². The fourth-order valence-electron chi connectivity index (χ4n) is 7.82. The number of hydrogen-bond acceptors (Lipinski definition) is 0. The molecule has 0 spiro atoms. The van der Waals surface area contributed by atoms with E-state index < -0.39 is 0 Å². The van der Waals surface area contributed by atoms with Crippen molar-refractivity contribution < 1.29 is 0 Å². The highest BCUT2D eigenvalue weighted by atomic mass is 14.5. The van der Waals surface area contributed by atoms with Crippen LogP contribution < -0.4 is 0 Å². The molecule has 3 fully saturated rings. The van der Waals surface area contributed by atoms with E-state index in [4.69, 9.17) is 0 Å². The predicted octanol–water partition coefficient (Wildman–Crippen LogP) is 8.25. The Morgan fingerprint density at radius 2 is 1.48 bits per heavy atom. The first-order valence-electron chi connectivity index (χ1n) is 11.9. The van der Waals surface area contributed by atoms with Crippen LogP contribution in [0.15, 0.2) is 0 Å². The lowest BCUT2D eigenvalue weighted by molar-refractivity contribution is 0.00769. The summed E-state index contributed by atoms with van der Waals surface area (Å²) in [5.41, 5.74) is 1.28. The van der Waals surface area contributed by atoms with Crippen LogP contribution in [-0.4, -0.2) is 0 Å². The highest BCUT2D eigenvalue weighted by molar-refractivity contribution is 4.99. The van der Waals surface area contributed by atoms with E-state index in [-0.39, 0.29) is 0 Å². The van der Waals surface area contributed by atoms with Crippen LogP contribution in [0.1, 0.15) is 118 Å². The molecule has 146 valence electrons. The molecule has 0 aromatic carbocycles. The predicted molar refractivity (Wildman–Crippen MR) is 111 cm³/mol. The zero-order chi connectivity index (χ0) is 18.1. The summed E-state index contributed by atoms with van der Waals surface area (Å²) >= 11 is 0. The van der Waals surface area contributed by atoms with Crippen LogP contribution in [-0.2, 0) is 0 Å². The van der Waals surface area contributed by atoms with Gasteiger partial charge in [-0.3, -0.25) is 0 Å². The van der Waals surface area contributed by atoms with Crippen LogP contribution in [0, 0.1) is 40.4 Å². The molecule has 25 heavy (non-hydrogen) atoms. The second kappa shape index (κ2) is 7.93. The summed E-state index contributed by atoms with van der Waals surface area (Å²) in [7, 11) is 0. The van der Waals surface area contributed by atoms with Crippen molar-refractivity contribution in [3.05, 3.63) is 0 Å². The van der Waals surface area contributed by atoms with Crippen molar-refractivity contribution in [2.45, 2.75) is 118 Å². The van der Waals surface area contributed by atoms with Gasteiger partial charge in [0.2, 0.25) is 0 Å². The van der Waals surface area contributed by atoms with E-state index in [1.807, 2.05) is 0 Å². The van der Waals surface area contributed by atoms with Crippen molar-refractivity contribution in [1.82, 2.24) is 0 Å². The molecule has 0 aromatic heterocycles. The van der Waals surface area contributed by atoms with E-state index in [0.717, 1.165) is 29.6 Å². The Bertz CT molecular complexity index is 426. The average molecular weight is 347 g/mol. The Kier molecular flexibility index (Phi) is 6.27. The lowest BCUT2D eigenvalue weighted by Crippen LogP contribution is -2.40. The topological polar surface area (TPSA) is 0 Å². The molecule has 0 aromatic rings. The van der Waals surface area contributed by atoms with Crippen LogP contribution >= 0.6 is 0 Å². The molecule has 0 saturated heterocycles. The van der Waals surface area contributed by atoms with Crippen LogP contribution in [0.25, 0.3) is 0 Å². The Balaban J connectivity index is 1.78. The fraction of sp³-hybridized carbons (Fsp3) is 1.00. The summed E-state index contributed by atoms with van der Waals surface area (Å²) in [5, 5.41) is 0. The van der Waals surface area contributed by atoms with E-state index in [2.05, 4.69) is 34.6 Å². The molecule has 0 N–H and O–H groups in total. The molecule has 0 heteroatoms. The van der Waals surface area contributed by atoms with Crippen LogP contribution in [0.4, 0.5) is 0 Å². The maximum Gasteiger partial charge on any atom is -0.0267 e. The lowest BCUT2D eigenvalue weighted by atomic mass is 9.56. The minimum absolute atomic E-state index is 0.640. The molecular weight excluding hydrogens is 300 g/mol. The first-order valence-corrected chi connectivity index (χ1v) is 11.9. The second-order valence-electron chi connectivity index (χ2n) is 11.0. The normalized spacial score (nSPS) is 46.9. The van der Waals surface area contributed by atoms with Crippen molar-refractivity contribution in [1.29, 1.82) is 0 Å². The Hall–Kier alpha value is 0. The molecule has 0 radical (unpaired) electrons. The van der Waals surface area contributed by atoms with Gasteiger partial charge in [-0.05, 0) is 91.8 Å². The van der Waals surface area contributed by atoms with Crippen molar-refractivity contribution in [2.75, 3.05) is 0 Å². The van der Waals surface area contributed by atoms with Gasteiger partial charge in [-0.1, -0.05) is 66.7 Å². The van der Waals surface area contributed by atoms with E-state index >= 15 is 0 Å². The quantitative estimate of drug-likeness (QED) is 0.482. The first-order chi connectivity index (χ1) is 11.9. The Morgan fingerprint density at radius 3 is 2.20 bits per heavy atom. The minimum Gasteiger partial charge on any atom is -0.0654 e. The van der Waals surface area contributed by atoms with Gasteiger partial charge < -0.3 is 0 Å². The summed E-state index contributed by atoms with van der Waals surface area (Å²) in [6, 6.07) is 0. The third kappa shape index (κ3) is 3.70. The summed E-state index contributed by atoms with van der Waals surface area (Å²) < 4.78 is 0. The van der Waals surface area contributed by atoms with Gasteiger partial charge in [0, 0.05) is 0 Å². The van der Waals surface area contributed by atoms with Gasteiger partial charge in [0.25, 0.3) is 0 Å². The van der Waals surface area contributed by atoms with Crippen LogP contribution in [0.3, 0.4) is 0 Å².